The molecule has 1 fully saturated rings. The lowest BCUT2D eigenvalue weighted by atomic mass is 9.84. The summed E-state index contributed by atoms with van der Waals surface area (Å²) in [5.74, 6) is 0. The zero-order chi connectivity index (χ0) is 10.8. The van der Waals surface area contributed by atoms with Crippen molar-refractivity contribution in [1.29, 1.82) is 0 Å². The smallest absolute Gasteiger partial charge is 0.182 e. The molecule has 3 aliphatic rings. The van der Waals surface area contributed by atoms with Crippen LogP contribution >= 0.6 is 0 Å². The van der Waals surface area contributed by atoms with Gasteiger partial charge in [-0.05, 0) is 18.1 Å². The third kappa shape index (κ3) is 0.824. The van der Waals surface area contributed by atoms with Crippen molar-refractivity contribution in [2.24, 2.45) is 5.16 Å². The SMILES string of the molecule is CC1=NOC2(C1)Cc1ccccc1C21CO1. The first-order valence-electron chi connectivity index (χ1n) is 5.70. The van der Waals surface area contributed by atoms with Gasteiger partial charge in [0, 0.05) is 12.8 Å². The minimum absolute atomic E-state index is 0.204. The highest BCUT2D eigenvalue weighted by atomic mass is 16.7. The lowest BCUT2D eigenvalue weighted by Crippen LogP contribution is -2.40. The molecule has 2 spiro atoms. The average Bonchev–Trinajstić information content (AvgIpc) is 2.94. The fraction of sp³-hybridized carbons (Fsp3) is 0.462. The van der Waals surface area contributed by atoms with E-state index in [0.717, 1.165) is 25.2 Å². The van der Waals surface area contributed by atoms with Crippen LogP contribution < -0.4 is 0 Å². The number of fused-ring (bicyclic) bond motifs is 3. The summed E-state index contributed by atoms with van der Waals surface area (Å²) >= 11 is 0. The Labute approximate surface area is 94.0 Å². The largest absolute Gasteiger partial charge is 0.385 e. The number of ether oxygens (including phenoxy) is 1. The van der Waals surface area contributed by atoms with Gasteiger partial charge in [-0.15, -0.1) is 0 Å². The Kier molecular flexibility index (Phi) is 1.36. The Balaban J connectivity index is 1.86. The molecule has 4 rings (SSSR count). The van der Waals surface area contributed by atoms with E-state index >= 15 is 0 Å². The molecular weight excluding hydrogens is 202 g/mol. The molecule has 0 bridgehead atoms. The number of hydrogen-bond donors (Lipinski definition) is 0. The van der Waals surface area contributed by atoms with E-state index in [-0.39, 0.29) is 11.2 Å². The summed E-state index contributed by atoms with van der Waals surface area (Å²) in [5, 5.41) is 4.13. The summed E-state index contributed by atoms with van der Waals surface area (Å²) in [6, 6.07) is 8.49. The van der Waals surface area contributed by atoms with Crippen molar-refractivity contribution < 1.29 is 9.57 Å². The van der Waals surface area contributed by atoms with Crippen molar-refractivity contribution in [3.63, 3.8) is 0 Å². The number of oxime groups is 1. The van der Waals surface area contributed by atoms with Gasteiger partial charge in [0.25, 0.3) is 0 Å². The van der Waals surface area contributed by atoms with E-state index in [9.17, 15) is 0 Å². The van der Waals surface area contributed by atoms with E-state index < -0.39 is 0 Å². The Morgan fingerprint density at radius 2 is 2.06 bits per heavy atom. The van der Waals surface area contributed by atoms with Crippen molar-refractivity contribution in [2.75, 3.05) is 6.61 Å². The molecule has 0 radical (unpaired) electrons. The number of epoxide rings is 1. The molecule has 0 aromatic heterocycles. The molecule has 2 aliphatic heterocycles. The van der Waals surface area contributed by atoms with E-state index in [2.05, 4.69) is 29.4 Å². The minimum Gasteiger partial charge on any atom is -0.385 e. The van der Waals surface area contributed by atoms with Crippen LogP contribution in [0.5, 0.6) is 0 Å². The normalized spacial score (nSPS) is 38.7. The highest BCUT2D eigenvalue weighted by Crippen LogP contribution is 2.59. The van der Waals surface area contributed by atoms with Gasteiger partial charge < -0.3 is 9.57 Å². The molecule has 0 saturated carbocycles. The van der Waals surface area contributed by atoms with Crippen LogP contribution in [-0.2, 0) is 21.6 Å². The van der Waals surface area contributed by atoms with Crippen molar-refractivity contribution >= 4 is 5.71 Å². The van der Waals surface area contributed by atoms with Crippen molar-refractivity contribution in [1.82, 2.24) is 0 Å². The van der Waals surface area contributed by atoms with Crippen LogP contribution in [0.2, 0.25) is 0 Å². The van der Waals surface area contributed by atoms with Gasteiger partial charge in [0.05, 0.1) is 12.3 Å². The molecule has 1 aromatic carbocycles. The average molecular weight is 215 g/mol. The van der Waals surface area contributed by atoms with E-state index in [1.54, 1.807) is 0 Å². The molecule has 2 heterocycles. The highest BCUT2D eigenvalue weighted by molar-refractivity contribution is 5.84. The van der Waals surface area contributed by atoms with Crippen LogP contribution in [0.4, 0.5) is 0 Å². The van der Waals surface area contributed by atoms with Crippen molar-refractivity contribution in [3.05, 3.63) is 35.4 Å². The minimum atomic E-state index is -0.249. The molecule has 2 atom stereocenters. The number of hydrogen-bond acceptors (Lipinski definition) is 3. The molecule has 3 heteroatoms. The van der Waals surface area contributed by atoms with Gasteiger partial charge >= 0.3 is 0 Å². The standard InChI is InChI=1S/C13H13NO2/c1-9-6-12(16-14-9)7-10-4-2-3-5-11(10)13(12)8-15-13/h2-5H,6-8H2,1H3. The van der Waals surface area contributed by atoms with E-state index in [1.165, 1.54) is 11.1 Å². The molecule has 1 saturated heterocycles. The topological polar surface area (TPSA) is 34.1 Å². The lowest BCUT2D eigenvalue weighted by Gasteiger charge is -2.26. The summed E-state index contributed by atoms with van der Waals surface area (Å²) in [4.78, 5) is 5.74. The van der Waals surface area contributed by atoms with Gasteiger partial charge in [0.1, 0.15) is 0 Å². The van der Waals surface area contributed by atoms with E-state index in [1.807, 2.05) is 6.92 Å². The van der Waals surface area contributed by atoms with Crippen molar-refractivity contribution in [3.8, 4) is 0 Å². The summed E-state index contributed by atoms with van der Waals surface area (Å²) in [5.41, 5.74) is 3.28. The second-order valence-electron chi connectivity index (χ2n) is 5.04. The predicted octanol–water partition coefficient (Wildman–Crippen LogP) is 2.00. The van der Waals surface area contributed by atoms with Gasteiger partial charge in [-0.2, -0.15) is 0 Å². The van der Waals surface area contributed by atoms with Gasteiger partial charge in [0.15, 0.2) is 11.2 Å². The van der Waals surface area contributed by atoms with Gasteiger partial charge in [-0.25, -0.2) is 0 Å². The second-order valence-corrected chi connectivity index (χ2v) is 5.04. The Hall–Kier alpha value is -1.35. The summed E-state index contributed by atoms with van der Waals surface area (Å²) in [7, 11) is 0. The number of rotatable bonds is 0. The zero-order valence-corrected chi connectivity index (χ0v) is 9.19. The summed E-state index contributed by atoms with van der Waals surface area (Å²) < 4.78 is 5.77. The van der Waals surface area contributed by atoms with Crippen LogP contribution in [0.25, 0.3) is 0 Å². The monoisotopic (exact) mass is 215 g/mol. The van der Waals surface area contributed by atoms with Crippen LogP contribution in [-0.4, -0.2) is 17.9 Å². The van der Waals surface area contributed by atoms with Gasteiger partial charge in [-0.1, -0.05) is 29.4 Å². The molecule has 1 aliphatic carbocycles. The zero-order valence-electron chi connectivity index (χ0n) is 9.19. The number of nitrogens with zero attached hydrogens (tertiary/aromatic N) is 1. The third-order valence-electron chi connectivity index (χ3n) is 4.02. The molecule has 2 unspecified atom stereocenters. The molecule has 0 N–H and O–H groups in total. The van der Waals surface area contributed by atoms with E-state index in [0.29, 0.717) is 0 Å². The molecule has 3 nitrogen and oxygen atoms in total. The quantitative estimate of drug-likeness (QED) is 0.620. The van der Waals surface area contributed by atoms with Crippen LogP contribution in [0.15, 0.2) is 29.4 Å². The first-order valence-corrected chi connectivity index (χ1v) is 5.70. The maximum atomic E-state index is 5.77. The van der Waals surface area contributed by atoms with Crippen LogP contribution in [0.1, 0.15) is 24.5 Å². The first kappa shape index (κ1) is 8.76. The molecule has 0 amide bonds. The van der Waals surface area contributed by atoms with Crippen molar-refractivity contribution in [2.45, 2.75) is 31.0 Å². The Bertz CT molecular complexity index is 504. The Morgan fingerprint density at radius 1 is 1.25 bits per heavy atom. The fourth-order valence-corrected chi connectivity index (χ4v) is 3.21. The Morgan fingerprint density at radius 3 is 2.75 bits per heavy atom. The maximum Gasteiger partial charge on any atom is 0.182 e. The lowest BCUT2D eigenvalue weighted by molar-refractivity contribution is -0.0691. The van der Waals surface area contributed by atoms with Gasteiger partial charge in [-0.3, -0.25) is 0 Å². The third-order valence-corrected chi connectivity index (χ3v) is 4.02. The predicted molar refractivity (Wildman–Crippen MR) is 59.3 cm³/mol. The molecule has 1 aromatic rings. The highest BCUT2D eigenvalue weighted by Gasteiger charge is 2.70. The second kappa shape index (κ2) is 2.48. The molecule has 82 valence electrons. The van der Waals surface area contributed by atoms with Crippen LogP contribution in [0.3, 0.4) is 0 Å². The van der Waals surface area contributed by atoms with E-state index in [4.69, 9.17) is 9.57 Å². The number of benzene rings is 1. The molecule has 16 heavy (non-hydrogen) atoms. The summed E-state index contributed by atoms with van der Waals surface area (Å²) in [6.45, 7) is 2.79. The maximum absolute atomic E-state index is 5.77. The van der Waals surface area contributed by atoms with Gasteiger partial charge in [0.2, 0.25) is 0 Å². The molecular formula is C13H13NO2. The van der Waals surface area contributed by atoms with Crippen LogP contribution in [0, 0.1) is 0 Å². The first-order chi connectivity index (χ1) is 7.76. The summed E-state index contributed by atoms with van der Waals surface area (Å²) in [6.07, 6.45) is 1.81. The fourth-order valence-electron chi connectivity index (χ4n) is 3.21.